The van der Waals surface area contributed by atoms with Gasteiger partial charge in [0.05, 0.1) is 41.9 Å². The summed E-state index contributed by atoms with van der Waals surface area (Å²) in [6, 6.07) is 4.83. The third-order valence-electron chi connectivity index (χ3n) is 5.34. The quantitative estimate of drug-likeness (QED) is 0.838. The van der Waals surface area contributed by atoms with Gasteiger partial charge in [-0.3, -0.25) is 14.8 Å². The van der Waals surface area contributed by atoms with Crippen LogP contribution < -0.4 is 5.32 Å². The molecule has 4 rings (SSSR count). The number of urea groups is 1. The van der Waals surface area contributed by atoms with Crippen LogP contribution in [-0.4, -0.2) is 56.7 Å². The number of hydrogen-bond donors (Lipinski definition) is 1. The number of amides is 3. The number of benzene rings is 1. The van der Waals surface area contributed by atoms with Crippen LogP contribution >= 0.6 is 0 Å². The van der Waals surface area contributed by atoms with Crippen molar-refractivity contribution in [2.45, 2.75) is 38.8 Å². The highest BCUT2D eigenvalue weighted by Crippen LogP contribution is 2.24. The largest absolute Gasteiger partial charge is 0.338 e. The first-order chi connectivity index (χ1) is 14.4. The van der Waals surface area contributed by atoms with Crippen molar-refractivity contribution in [3.05, 3.63) is 59.4 Å². The Labute approximate surface area is 173 Å². The second-order valence-electron chi connectivity index (χ2n) is 7.53. The van der Waals surface area contributed by atoms with Crippen molar-refractivity contribution in [1.82, 2.24) is 25.2 Å². The van der Waals surface area contributed by atoms with Gasteiger partial charge < -0.3 is 10.2 Å². The van der Waals surface area contributed by atoms with Crippen molar-refractivity contribution in [2.24, 2.45) is 5.10 Å². The van der Waals surface area contributed by atoms with E-state index in [2.05, 4.69) is 20.4 Å². The molecule has 9 heteroatoms. The van der Waals surface area contributed by atoms with Crippen LogP contribution in [0.1, 0.15) is 42.8 Å². The number of aromatic nitrogens is 2. The first kappa shape index (κ1) is 19.9. The Hall–Kier alpha value is -3.36. The molecule has 1 saturated heterocycles. The monoisotopic (exact) mass is 410 g/mol. The minimum atomic E-state index is -0.390. The number of rotatable bonds is 4. The lowest BCUT2D eigenvalue weighted by Gasteiger charge is -2.25. The molecule has 1 unspecified atom stereocenters. The van der Waals surface area contributed by atoms with Crippen molar-refractivity contribution < 1.29 is 14.0 Å². The van der Waals surface area contributed by atoms with Crippen LogP contribution in [0.5, 0.6) is 0 Å². The Morgan fingerprint density at radius 3 is 2.63 bits per heavy atom. The van der Waals surface area contributed by atoms with Gasteiger partial charge >= 0.3 is 6.03 Å². The Morgan fingerprint density at radius 2 is 2.00 bits per heavy atom. The molecule has 2 aliphatic rings. The molecule has 156 valence electrons. The molecule has 1 fully saturated rings. The SMILES string of the molecule is Cc1cnc(C(C)NC(=O)N2C[C@H](N3CCCC3=O)C(c3ccc(F)cc3)=N2)cn1. The summed E-state index contributed by atoms with van der Waals surface area (Å²) < 4.78 is 13.4. The summed E-state index contributed by atoms with van der Waals surface area (Å²) in [5.74, 6) is -0.311. The maximum absolute atomic E-state index is 13.4. The first-order valence-corrected chi connectivity index (χ1v) is 9.93. The van der Waals surface area contributed by atoms with E-state index in [0.29, 0.717) is 29.9 Å². The summed E-state index contributed by atoms with van der Waals surface area (Å²) in [5, 5.41) is 8.70. The van der Waals surface area contributed by atoms with Crippen LogP contribution in [0.3, 0.4) is 0 Å². The first-order valence-electron chi connectivity index (χ1n) is 9.93. The number of hydrazone groups is 1. The average molecular weight is 410 g/mol. The second-order valence-corrected chi connectivity index (χ2v) is 7.53. The Morgan fingerprint density at radius 1 is 1.23 bits per heavy atom. The molecular weight excluding hydrogens is 387 g/mol. The highest BCUT2D eigenvalue weighted by Gasteiger charge is 2.39. The average Bonchev–Trinajstić information content (AvgIpc) is 3.35. The van der Waals surface area contributed by atoms with E-state index in [1.807, 2.05) is 13.8 Å². The second kappa shape index (κ2) is 8.17. The van der Waals surface area contributed by atoms with Crippen LogP contribution in [0.2, 0.25) is 0 Å². The van der Waals surface area contributed by atoms with Gasteiger partial charge in [0.25, 0.3) is 0 Å². The summed E-state index contributed by atoms with van der Waals surface area (Å²) in [7, 11) is 0. The summed E-state index contributed by atoms with van der Waals surface area (Å²) in [6.07, 6.45) is 4.54. The van der Waals surface area contributed by atoms with Crippen LogP contribution in [-0.2, 0) is 4.79 Å². The van der Waals surface area contributed by atoms with Crippen LogP contribution in [0.15, 0.2) is 41.8 Å². The molecule has 0 aliphatic carbocycles. The fraction of sp³-hybridized carbons (Fsp3) is 0.381. The predicted molar refractivity (Wildman–Crippen MR) is 108 cm³/mol. The molecule has 0 bridgehead atoms. The number of carbonyl (C=O) groups is 2. The minimum absolute atomic E-state index is 0.0420. The van der Waals surface area contributed by atoms with Gasteiger partial charge in [0, 0.05) is 24.7 Å². The van der Waals surface area contributed by atoms with Crippen molar-refractivity contribution in [3.63, 3.8) is 0 Å². The molecule has 2 aromatic rings. The van der Waals surface area contributed by atoms with Crippen LogP contribution in [0.4, 0.5) is 9.18 Å². The highest BCUT2D eigenvalue weighted by molar-refractivity contribution is 6.08. The summed E-state index contributed by atoms with van der Waals surface area (Å²) in [4.78, 5) is 35.5. The van der Waals surface area contributed by atoms with Crippen molar-refractivity contribution in [2.75, 3.05) is 13.1 Å². The number of halogens is 1. The Bertz CT molecular complexity index is 976. The number of carbonyl (C=O) groups excluding carboxylic acids is 2. The molecule has 1 N–H and O–H groups in total. The minimum Gasteiger partial charge on any atom is -0.332 e. The smallest absolute Gasteiger partial charge is 0.332 e. The fourth-order valence-electron chi connectivity index (χ4n) is 3.69. The van der Waals surface area contributed by atoms with Crippen LogP contribution in [0, 0.1) is 12.7 Å². The number of nitrogens with zero attached hydrogens (tertiary/aromatic N) is 5. The van der Waals surface area contributed by atoms with E-state index < -0.39 is 6.03 Å². The zero-order valence-electron chi connectivity index (χ0n) is 16.9. The third-order valence-corrected chi connectivity index (χ3v) is 5.34. The Balaban J connectivity index is 1.55. The molecule has 0 saturated carbocycles. The summed E-state index contributed by atoms with van der Waals surface area (Å²) >= 11 is 0. The van der Waals surface area contributed by atoms with Gasteiger partial charge in [-0.15, -0.1) is 0 Å². The molecule has 1 aromatic heterocycles. The van der Waals surface area contributed by atoms with Gasteiger partial charge in [-0.25, -0.2) is 14.2 Å². The molecule has 3 heterocycles. The predicted octanol–water partition coefficient (Wildman–Crippen LogP) is 2.41. The molecule has 0 spiro atoms. The van der Waals surface area contributed by atoms with Crippen molar-refractivity contribution in [3.8, 4) is 0 Å². The van der Waals surface area contributed by atoms with E-state index in [0.717, 1.165) is 12.1 Å². The van der Waals surface area contributed by atoms with Crippen molar-refractivity contribution >= 4 is 17.6 Å². The number of aryl methyl sites for hydroxylation is 1. The van der Waals surface area contributed by atoms with Gasteiger partial charge in [0.2, 0.25) is 5.91 Å². The Kier molecular flexibility index (Phi) is 5.43. The standard InChI is InChI=1S/C21H23FN6O2/c1-13-10-24-17(11-23-13)14(2)25-21(30)28-12-18(27-9-3-4-19(27)29)20(26-28)15-5-7-16(22)8-6-15/h5-8,10-11,14,18H,3-4,9,12H2,1-2H3,(H,25,30)/t14?,18-/m0/s1. The lowest BCUT2D eigenvalue weighted by molar-refractivity contribution is -0.128. The van der Waals surface area contributed by atoms with Gasteiger partial charge in [-0.1, -0.05) is 12.1 Å². The fourth-order valence-corrected chi connectivity index (χ4v) is 3.69. The van der Waals surface area contributed by atoms with E-state index in [1.165, 1.54) is 17.1 Å². The summed E-state index contributed by atoms with van der Waals surface area (Å²) in [6.45, 7) is 4.53. The number of nitrogens with one attached hydrogen (secondary N) is 1. The van der Waals surface area contributed by atoms with E-state index in [1.54, 1.807) is 29.4 Å². The molecule has 1 aromatic carbocycles. The molecule has 30 heavy (non-hydrogen) atoms. The van der Waals surface area contributed by atoms with E-state index in [9.17, 15) is 14.0 Å². The van der Waals surface area contributed by atoms with Gasteiger partial charge in [-0.2, -0.15) is 5.10 Å². The molecule has 2 aliphatic heterocycles. The van der Waals surface area contributed by atoms with E-state index in [-0.39, 0.29) is 30.4 Å². The maximum Gasteiger partial charge on any atom is 0.338 e. The zero-order chi connectivity index (χ0) is 21.3. The molecule has 0 radical (unpaired) electrons. The van der Waals surface area contributed by atoms with Gasteiger partial charge in [0.1, 0.15) is 5.82 Å². The van der Waals surface area contributed by atoms with Crippen LogP contribution in [0.25, 0.3) is 0 Å². The maximum atomic E-state index is 13.4. The van der Waals surface area contributed by atoms with E-state index >= 15 is 0 Å². The highest BCUT2D eigenvalue weighted by atomic mass is 19.1. The lowest BCUT2D eigenvalue weighted by Crippen LogP contribution is -2.46. The topological polar surface area (TPSA) is 90.8 Å². The van der Waals surface area contributed by atoms with Gasteiger partial charge in [0.15, 0.2) is 0 Å². The number of hydrogen-bond acceptors (Lipinski definition) is 5. The van der Waals surface area contributed by atoms with Gasteiger partial charge in [-0.05, 0) is 32.4 Å². The van der Waals surface area contributed by atoms with E-state index in [4.69, 9.17) is 0 Å². The third kappa shape index (κ3) is 4.00. The molecule has 2 atom stereocenters. The molecule has 3 amide bonds. The number of likely N-dealkylation sites (tertiary alicyclic amines) is 1. The molecular formula is C21H23FN6O2. The molecule has 8 nitrogen and oxygen atoms in total. The van der Waals surface area contributed by atoms with Crippen molar-refractivity contribution in [1.29, 1.82) is 0 Å². The zero-order valence-corrected chi connectivity index (χ0v) is 16.9. The lowest BCUT2D eigenvalue weighted by atomic mass is 10.0. The summed E-state index contributed by atoms with van der Waals surface area (Å²) in [5.41, 5.74) is 2.71. The normalized spacial score (nSPS) is 19.8.